The van der Waals surface area contributed by atoms with Gasteiger partial charge < -0.3 is 0 Å². The van der Waals surface area contributed by atoms with Crippen molar-refractivity contribution in [1.29, 1.82) is 0 Å². The van der Waals surface area contributed by atoms with Gasteiger partial charge in [-0.15, -0.1) is 47.0 Å². The van der Waals surface area contributed by atoms with Gasteiger partial charge in [0.05, 0.1) is 4.08 Å². The standard InChI is InChI=1S/C24H36S4/c1-3-9-18(10-4-1)17-20-21(23-25-13-7-14-26-23)22(19-11-5-2-6-12-19)24(20)27-15-8-16-28-24/h17-19,22H,1-16H2/b20-17-. The molecule has 156 valence electrons. The minimum Gasteiger partial charge on any atom is -0.139 e. The third kappa shape index (κ3) is 4.02. The SMILES string of the molecule is C(=C1\C(=C2SCCCS2)C(C2CCCCC2)C12SCCCS2)/C1CCCCC1. The van der Waals surface area contributed by atoms with E-state index in [1.807, 2.05) is 11.1 Å². The predicted octanol–water partition coefficient (Wildman–Crippen LogP) is 8.35. The van der Waals surface area contributed by atoms with Gasteiger partial charge in [-0.05, 0) is 84.5 Å². The van der Waals surface area contributed by atoms with Crippen molar-refractivity contribution in [2.75, 3.05) is 23.0 Å². The maximum atomic E-state index is 2.84. The van der Waals surface area contributed by atoms with Crippen LogP contribution in [0.25, 0.3) is 0 Å². The van der Waals surface area contributed by atoms with Crippen LogP contribution in [0.1, 0.15) is 77.0 Å². The normalized spacial score (nSPS) is 34.0. The second kappa shape index (κ2) is 9.57. The first-order chi connectivity index (χ1) is 13.9. The van der Waals surface area contributed by atoms with E-state index in [1.165, 1.54) is 100 Å². The number of thioether (sulfide) groups is 4. The molecular weight excluding hydrogens is 417 g/mol. The van der Waals surface area contributed by atoms with Gasteiger partial charge >= 0.3 is 0 Å². The molecule has 2 aliphatic heterocycles. The Morgan fingerprint density at radius 1 is 0.679 bits per heavy atom. The highest BCUT2D eigenvalue weighted by Gasteiger charge is 2.60. The van der Waals surface area contributed by atoms with E-state index in [2.05, 4.69) is 53.1 Å². The van der Waals surface area contributed by atoms with Gasteiger partial charge in [0.15, 0.2) is 0 Å². The summed E-state index contributed by atoms with van der Waals surface area (Å²) in [6.45, 7) is 0. The highest BCUT2D eigenvalue weighted by atomic mass is 32.2. The fraction of sp³-hybridized carbons (Fsp3) is 0.833. The number of hydrogen-bond donors (Lipinski definition) is 0. The summed E-state index contributed by atoms with van der Waals surface area (Å²) < 4.78 is 2.18. The minimum absolute atomic E-state index is 0.429. The monoisotopic (exact) mass is 452 g/mol. The zero-order chi connectivity index (χ0) is 18.8. The summed E-state index contributed by atoms with van der Waals surface area (Å²) in [4.78, 5) is 0. The molecule has 0 radical (unpaired) electrons. The lowest BCUT2D eigenvalue weighted by molar-refractivity contribution is 0.247. The van der Waals surface area contributed by atoms with Crippen LogP contribution in [0.4, 0.5) is 0 Å². The Kier molecular flexibility index (Phi) is 7.10. The number of rotatable bonds is 2. The quantitative estimate of drug-likeness (QED) is 0.412. The summed E-state index contributed by atoms with van der Waals surface area (Å²) >= 11 is 9.14. The first kappa shape index (κ1) is 20.8. The topological polar surface area (TPSA) is 0 Å². The summed E-state index contributed by atoms with van der Waals surface area (Å²) in [6, 6.07) is 0. The van der Waals surface area contributed by atoms with Crippen LogP contribution in [0.3, 0.4) is 0 Å². The molecule has 0 bridgehead atoms. The minimum atomic E-state index is 0.429. The molecule has 0 aromatic carbocycles. The van der Waals surface area contributed by atoms with Crippen molar-refractivity contribution in [3.8, 4) is 0 Å². The lowest BCUT2D eigenvalue weighted by atomic mass is 9.62. The van der Waals surface area contributed by atoms with Crippen molar-refractivity contribution in [3.63, 3.8) is 0 Å². The van der Waals surface area contributed by atoms with E-state index in [9.17, 15) is 0 Å². The van der Waals surface area contributed by atoms with Crippen LogP contribution in [0.15, 0.2) is 21.5 Å². The molecular formula is C24H36S4. The van der Waals surface area contributed by atoms with E-state index in [1.54, 1.807) is 4.24 Å². The Balaban J connectivity index is 1.53. The molecule has 1 unspecified atom stereocenters. The fourth-order valence-corrected chi connectivity index (χ4v) is 12.7. The second-order valence-electron chi connectivity index (χ2n) is 9.32. The Labute approximate surface area is 189 Å². The third-order valence-electron chi connectivity index (χ3n) is 7.46. The van der Waals surface area contributed by atoms with Gasteiger partial charge in [0.1, 0.15) is 0 Å². The zero-order valence-corrected chi connectivity index (χ0v) is 20.5. The Bertz CT molecular complexity index is 596. The van der Waals surface area contributed by atoms with Gasteiger partial charge in [0.2, 0.25) is 0 Å². The van der Waals surface area contributed by atoms with E-state index in [-0.39, 0.29) is 0 Å². The van der Waals surface area contributed by atoms with Crippen molar-refractivity contribution >= 4 is 47.0 Å². The average molecular weight is 453 g/mol. The summed E-state index contributed by atoms with van der Waals surface area (Å²) in [5.74, 6) is 8.17. The first-order valence-corrected chi connectivity index (χ1v) is 15.8. The molecule has 5 aliphatic rings. The van der Waals surface area contributed by atoms with E-state index < -0.39 is 0 Å². The molecule has 0 amide bonds. The van der Waals surface area contributed by atoms with Gasteiger partial charge in [-0.2, -0.15) is 0 Å². The molecule has 3 aliphatic carbocycles. The molecule has 2 saturated heterocycles. The molecule has 1 atom stereocenters. The van der Waals surface area contributed by atoms with Crippen LogP contribution in [-0.4, -0.2) is 27.1 Å². The first-order valence-electron chi connectivity index (χ1n) is 11.9. The number of allylic oxidation sites excluding steroid dienone is 2. The lowest BCUT2D eigenvalue weighted by Crippen LogP contribution is -2.52. The summed E-state index contributed by atoms with van der Waals surface area (Å²) in [5.41, 5.74) is 3.70. The zero-order valence-electron chi connectivity index (χ0n) is 17.3. The number of hydrogen-bond acceptors (Lipinski definition) is 4. The molecule has 0 nitrogen and oxygen atoms in total. The second-order valence-corrected chi connectivity index (χ2v) is 14.7. The molecule has 4 heteroatoms. The molecule has 28 heavy (non-hydrogen) atoms. The van der Waals surface area contributed by atoms with Gasteiger partial charge in [0, 0.05) is 10.2 Å². The van der Waals surface area contributed by atoms with Crippen molar-refractivity contribution in [2.45, 2.75) is 81.1 Å². The highest BCUT2D eigenvalue weighted by molar-refractivity contribution is 8.23. The Morgan fingerprint density at radius 2 is 1.29 bits per heavy atom. The maximum Gasteiger partial charge on any atom is 0.0932 e. The molecule has 2 heterocycles. The van der Waals surface area contributed by atoms with Crippen molar-refractivity contribution < 1.29 is 0 Å². The largest absolute Gasteiger partial charge is 0.139 e. The van der Waals surface area contributed by atoms with Crippen LogP contribution in [-0.2, 0) is 0 Å². The lowest BCUT2D eigenvalue weighted by Gasteiger charge is -2.59. The van der Waals surface area contributed by atoms with E-state index in [0.717, 1.165) is 17.8 Å². The highest BCUT2D eigenvalue weighted by Crippen LogP contribution is 2.70. The van der Waals surface area contributed by atoms with E-state index in [4.69, 9.17) is 0 Å². The third-order valence-corrected chi connectivity index (χ3v) is 13.6. The van der Waals surface area contributed by atoms with Gasteiger partial charge in [0.25, 0.3) is 0 Å². The van der Waals surface area contributed by atoms with Crippen LogP contribution >= 0.6 is 47.0 Å². The smallest absolute Gasteiger partial charge is 0.0932 e. The molecule has 3 saturated carbocycles. The maximum absolute atomic E-state index is 2.84. The van der Waals surface area contributed by atoms with Crippen LogP contribution in [0, 0.1) is 17.8 Å². The Morgan fingerprint density at radius 3 is 1.96 bits per heavy atom. The van der Waals surface area contributed by atoms with Crippen LogP contribution in [0.2, 0.25) is 0 Å². The Hall–Kier alpha value is 0.880. The molecule has 0 aromatic rings. The van der Waals surface area contributed by atoms with Gasteiger partial charge in [-0.3, -0.25) is 0 Å². The molecule has 5 fully saturated rings. The summed E-state index contributed by atoms with van der Waals surface area (Å²) in [5, 5.41) is 0. The van der Waals surface area contributed by atoms with Gasteiger partial charge in [-0.25, -0.2) is 0 Å². The van der Waals surface area contributed by atoms with Crippen LogP contribution < -0.4 is 0 Å². The van der Waals surface area contributed by atoms with E-state index >= 15 is 0 Å². The van der Waals surface area contributed by atoms with Crippen molar-refractivity contribution in [2.24, 2.45) is 17.8 Å². The molecule has 1 spiro atoms. The molecule has 0 N–H and O–H groups in total. The van der Waals surface area contributed by atoms with E-state index in [0.29, 0.717) is 4.08 Å². The van der Waals surface area contributed by atoms with Crippen molar-refractivity contribution in [1.82, 2.24) is 0 Å². The van der Waals surface area contributed by atoms with Crippen LogP contribution in [0.5, 0.6) is 0 Å². The molecule has 0 aromatic heterocycles. The van der Waals surface area contributed by atoms with Gasteiger partial charge in [-0.1, -0.05) is 44.6 Å². The molecule has 5 rings (SSSR count). The predicted molar refractivity (Wildman–Crippen MR) is 134 cm³/mol. The summed E-state index contributed by atoms with van der Waals surface area (Å²) in [6.07, 6.45) is 20.4. The summed E-state index contributed by atoms with van der Waals surface area (Å²) in [7, 11) is 0. The fourth-order valence-electron chi connectivity index (χ4n) is 6.10. The average Bonchev–Trinajstić information content (AvgIpc) is 2.78. The van der Waals surface area contributed by atoms with Crippen molar-refractivity contribution in [3.05, 3.63) is 21.5 Å².